The third-order valence-corrected chi connectivity index (χ3v) is 2.96. The Morgan fingerprint density at radius 2 is 1.75 bits per heavy atom. The van der Waals surface area contributed by atoms with Gasteiger partial charge in [-0.15, -0.1) is 0 Å². The lowest BCUT2D eigenvalue weighted by Crippen LogP contribution is -2.04. The van der Waals surface area contributed by atoms with Crippen LogP contribution in [0.2, 0.25) is 0 Å². The van der Waals surface area contributed by atoms with Gasteiger partial charge in [0.05, 0.1) is 19.8 Å². The van der Waals surface area contributed by atoms with E-state index in [1.807, 2.05) is 30.3 Å². The fourth-order valence-corrected chi connectivity index (χ4v) is 1.98. The molecule has 0 amide bonds. The van der Waals surface area contributed by atoms with E-state index in [1.54, 1.807) is 12.1 Å². The monoisotopic (exact) mass is 270 g/mol. The molecule has 0 radical (unpaired) electrons. The number of fused-ring (bicyclic) bond motifs is 1. The van der Waals surface area contributed by atoms with E-state index in [9.17, 15) is 9.59 Å². The van der Waals surface area contributed by atoms with Gasteiger partial charge in [-0.3, -0.25) is 0 Å². The molecule has 20 heavy (non-hydrogen) atoms. The summed E-state index contributed by atoms with van der Waals surface area (Å²) in [4.78, 5) is 23.1. The molecule has 0 aliphatic carbocycles. The number of esters is 2. The highest BCUT2D eigenvalue weighted by Gasteiger charge is 2.13. The molecule has 0 N–H and O–H groups in total. The molecule has 0 heterocycles. The summed E-state index contributed by atoms with van der Waals surface area (Å²) >= 11 is 0. The minimum atomic E-state index is -0.478. The summed E-state index contributed by atoms with van der Waals surface area (Å²) in [7, 11) is 2.63. The molecule has 0 aromatic heterocycles. The Morgan fingerprint density at radius 3 is 2.45 bits per heavy atom. The van der Waals surface area contributed by atoms with Gasteiger partial charge in [0.2, 0.25) is 0 Å². The number of carbonyl (C=O) groups excluding carboxylic acids is 2. The second kappa shape index (κ2) is 6.02. The maximum Gasteiger partial charge on any atom is 0.338 e. The lowest BCUT2D eigenvalue weighted by atomic mass is 9.98. The largest absolute Gasteiger partial charge is 0.466 e. The van der Waals surface area contributed by atoms with E-state index in [4.69, 9.17) is 4.74 Å². The lowest BCUT2D eigenvalue weighted by molar-refractivity contribution is -0.134. The SMILES string of the molecule is COC(=O)/C=C/c1c(C(=O)OC)ccc2ccccc12. The van der Waals surface area contributed by atoms with Crippen LogP contribution < -0.4 is 0 Å². The molecule has 2 aromatic carbocycles. The summed E-state index contributed by atoms with van der Waals surface area (Å²) in [6, 6.07) is 11.1. The Balaban J connectivity index is 2.64. The molecule has 0 bridgehead atoms. The first-order valence-corrected chi connectivity index (χ1v) is 6.03. The Kier molecular flexibility index (Phi) is 4.15. The fourth-order valence-electron chi connectivity index (χ4n) is 1.98. The molecule has 2 rings (SSSR count). The fraction of sp³-hybridized carbons (Fsp3) is 0.125. The second-order valence-corrected chi connectivity index (χ2v) is 4.10. The summed E-state index contributed by atoms with van der Waals surface area (Å²) in [5, 5.41) is 1.85. The topological polar surface area (TPSA) is 52.6 Å². The Bertz CT molecular complexity index is 686. The van der Waals surface area contributed by atoms with E-state index in [2.05, 4.69) is 4.74 Å². The number of carbonyl (C=O) groups is 2. The van der Waals surface area contributed by atoms with Gasteiger partial charge in [-0.2, -0.15) is 0 Å². The molecule has 2 aromatic rings. The van der Waals surface area contributed by atoms with Gasteiger partial charge in [0.1, 0.15) is 0 Å². The van der Waals surface area contributed by atoms with Crippen LogP contribution in [0.15, 0.2) is 42.5 Å². The highest BCUT2D eigenvalue weighted by molar-refractivity contribution is 6.04. The van der Waals surface area contributed by atoms with Crippen LogP contribution >= 0.6 is 0 Å². The molecule has 4 heteroatoms. The number of ether oxygens (including phenoxy) is 2. The Hall–Kier alpha value is -2.62. The minimum absolute atomic E-state index is 0.409. The van der Waals surface area contributed by atoms with Crippen molar-refractivity contribution in [2.75, 3.05) is 14.2 Å². The maximum atomic E-state index is 11.8. The summed E-state index contributed by atoms with van der Waals surface area (Å²) < 4.78 is 9.34. The van der Waals surface area contributed by atoms with Gasteiger partial charge in [0, 0.05) is 6.08 Å². The molecule has 0 aliphatic rings. The Morgan fingerprint density at radius 1 is 1.00 bits per heavy atom. The molecule has 0 aliphatic heterocycles. The molecule has 0 saturated heterocycles. The number of methoxy groups -OCH3 is 2. The number of rotatable bonds is 3. The quantitative estimate of drug-likeness (QED) is 0.635. The number of hydrogen-bond donors (Lipinski definition) is 0. The van der Waals surface area contributed by atoms with Crippen molar-refractivity contribution in [3.63, 3.8) is 0 Å². The second-order valence-electron chi connectivity index (χ2n) is 4.10. The number of benzene rings is 2. The first kappa shape index (κ1) is 13.8. The van der Waals surface area contributed by atoms with Gasteiger partial charge >= 0.3 is 11.9 Å². The van der Waals surface area contributed by atoms with Crippen molar-refractivity contribution in [2.24, 2.45) is 0 Å². The van der Waals surface area contributed by atoms with Crippen LogP contribution in [0.1, 0.15) is 15.9 Å². The van der Waals surface area contributed by atoms with Crippen molar-refractivity contribution in [2.45, 2.75) is 0 Å². The molecule has 0 saturated carbocycles. The normalized spacial score (nSPS) is 10.7. The third kappa shape index (κ3) is 2.69. The maximum absolute atomic E-state index is 11.8. The van der Waals surface area contributed by atoms with E-state index < -0.39 is 11.9 Å². The highest BCUT2D eigenvalue weighted by Crippen LogP contribution is 2.24. The van der Waals surface area contributed by atoms with Gasteiger partial charge in [0.15, 0.2) is 0 Å². The van der Waals surface area contributed by atoms with E-state index in [0.717, 1.165) is 10.8 Å². The zero-order valence-electron chi connectivity index (χ0n) is 11.3. The number of hydrogen-bond acceptors (Lipinski definition) is 4. The van der Waals surface area contributed by atoms with Gasteiger partial charge in [0.25, 0.3) is 0 Å². The van der Waals surface area contributed by atoms with E-state index in [1.165, 1.54) is 20.3 Å². The van der Waals surface area contributed by atoms with Crippen LogP contribution in [0, 0.1) is 0 Å². The molecule has 0 fully saturated rings. The van der Waals surface area contributed by atoms with Crippen LogP contribution in [0.3, 0.4) is 0 Å². The summed E-state index contributed by atoms with van der Waals surface area (Å²) in [5.74, 6) is -0.922. The van der Waals surface area contributed by atoms with Crippen LogP contribution in [-0.4, -0.2) is 26.2 Å². The summed E-state index contributed by atoms with van der Waals surface area (Å²) in [5.41, 5.74) is 1.05. The van der Waals surface area contributed by atoms with Gasteiger partial charge in [-0.25, -0.2) is 9.59 Å². The van der Waals surface area contributed by atoms with Gasteiger partial charge < -0.3 is 9.47 Å². The van der Waals surface area contributed by atoms with Crippen molar-refractivity contribution in [1.29, 1.82) is 0 Å². The highest BCUT2D eigenvalue weighted by atomic mass is 16.5. The molecule has 0 spiro atoms. The average molecular weight is 270 g/mol. The summed E-state index contributed by atoms with van der Waals surface area (Å²) in [6.07, 6.45) is 2.86. The molecular formula is C16H14O4. The van der Waals surface area contributed by atoms with E-state index >= 15 is 0 Å². The predicted molar refractivity (Wildman–Crippen MR) is 76.3 cm³/mol. The molecular weight excluding hydrogens is 256 g/mol. The van der Waals surface area contributed by atoms with Crippen molar-refractivity contribution in [3.8, 4) is 0 Å². The summed E-state index contributed by atoms with van der Waals surface area (Å²) in [6.45, 7) is 0. The zero-order valence-corrected chi connectivity index (χ0v) is 11.3. The smallest absolute Gasteiger partial charge is 0.338 e. The van der Waals surface area contributed by atoms with Crippen molar-refractivity contribution >= 4 is 28.8 Å². The lowest BCUT2D eigenvalue weighted by Gasteiger charge is -2.08. The van der Waals surface area contributed by atoms with Crippen molar-refractivity contribution in [3.05, 3.63) is 53.6 Å². The zero-order chi connectivity index (χ0) is 14.5. The first-order chi connectivity index (χ1) is 9.67. The van der Waals surface area contributed by atoms with Gasteiger partial charge in [-0.05, 0) is 28.5 Å². The van der Waals surface area contributed by atoms with Crippen LogP contribution in [0.5, 0.6) is 0 Å². The minimum Gasteiger partial charge on any atom is -0.466 e. The van der Waals surface area contributed by atoms with Gasteiger partial charge in [-0.1, -0.05) is 30.3 Å². The molecule has 0 unspecified atom stereocenters. The van der Waals surface area contributed by atoms with E-state index in [0.29, 0.717) is 11.1 Å². The first-order valence-electron chi connectivity index (χ1n) is 6.03. The van der Waals surface area contributed by atoms with Crippen molar-refractivity contribution in [1.82, 2.24) is 0 Å². The Labute approximate surface area is 116 Å². The standard InChI is InChI=1S/C16H14O4/c1-19-15(17)10-9-13-12-6-4-3-5-11(12)7-8-14(13)16(18)20-2/h3-10H,1-2H3/b10-9+. The average Bonchev–Trinajstić information content (AvgIpc) is 2.51. The van der Waals surface area contributed by atoms with Crippen LogP contribution in [-0.2, 0) is 14.3 Å². The predicted octanol–water partition coefficient (Wildman–Crippen LogP) is 2.81. The molecule has 0 atom stereocenters. The van der Waals surface area contributed by atoms with Crippen molar-refractivity contribution < 1.29 is 19.1 Å². The molecule has 102 valence electrons. The molecule has 4 nitrogen and oxygen atoms in total. The van der Waals surface area contributed by atoms with Crippen LogP contribution in [0.25, 0.3) is 16.8 Å². The third-order valence-electron chi connectivity index (χ3n) is 2.96. The van der Waals surface area contributed by atoms with Crippen LogP contribution in [0.4, 0.5) is 0 Å². The van der Waals surface area contributed by atoms with E-state index in [-0.39, 0.29) is 0 Å².